The number of anilines is 1. The van der Waals surface area contributed by atoms with Crippen LogP contribution in [0.1, 0.15) is 46.8 Å². The number of rotatable bonds is 10. The Morgan fingerprint density at radius 1 is 1.21 bits per heavy atom. The minimum Gasteiger partial charge on any atom is -0.488 e. The summed E-state index contributed by atoms with van der Waals surface area (Å²) in [6.45, 7) is 8.00. The molecule has 2 heterocycles. The molecule has 1 amide bonds. The van der Waals surface area contributed by atoms with E-state index in [-0.39, 0.29) is 58.6 Å². The molecule has 0 unspecified atom stereocenters. The number of aliphatic hydroxyl groups excluding tert-OH is 1. The van der Waals surface area contributed by atoms with Crippen LogP contribution in [0.5, 0.6) is 5.75 Å². The molecule has 0 fully saturated rings. The number of aromatic nitrogens is 1. The maximum Gasteiger partial charge on any atom is 0.335 e. The number of likely N-dealkylation sites (N-methyl/N-ethyl adjacent to an activating group) is 1. The van der Waals surface area contributed by atoms with Crippen LogP contribution in [0.3, 0.4) is 0 Å². The second kappa shape index (κ2) is 13.1. The molecule has 1 aliphatic rings. The van der Waals surface area contributed by atoms with E-state index in [0.29, 0.717) is 30.9 Å². The van der Waals surface area contributed by atoms with Crippen molar-refractivity contribution in [3.8, 4) is 5.75 Å². The summed E-state index contributed by atoms with van der Waals surface area (Å²) in [5, 5.41) is 22.8. The van der Waals surface area contributed by atoms with Gasteiger partial charge in [-0.25, -0.2) is 13.2 Å². The van der Waals surface area contributed by atoms with Crippen LogP contribution < -0.4 is 9.46 Å². The molecule has 43 heavy (non-hydrogen) atoms. The normalized spacial score (nSPS) is 18.3. The second-order valence-electron chi connectivity index (χ2n) is 11.2. The molecular weight excluding hydrogens is 576 g/mol. The average Bonchev–Trinajstić information content (AvgIpc) is 3.31. The van der Waals surface area contributed by atoms with Crippen LogP contribution in [-0.4, -0.2) is 84.4 Å². The molecule has 0 saturated heterocycles. The molecule has 4 rings (SSSR count). The van der Waals surface area contributed by atoms with Crippen molar-refractivity contribution in [1.29, 1.82) is 0 Å². The van der Waals surface area contributed by atoms with Gasteiger partial charge in [-0.05, 0) is 63.7 Å². The van der Waals surface area contributed by atoms with Gasteiger partial charge in [0.15, 0.2) is 10.7 Å². The van der Waals surface area contributed by atoms with Gasteiger partial charge in [0.05, 0.1) is 24.6 Å². The third-order valence-corrected chi connectivity index (χ3v) is 9.18. The van der Waals surface area contributed by atoms with E-state index in [0.717, 1.165) is 5.56 Å². The van der Waals surface area contributed by atoms with Crippen LogP contribution in [0.25, 0.3) is 0 Å². The highest BCUT2D eigenvalue weighted by Crippen LogP contribution is 2.31. The standard InChI is InChI=1S/C30H38N4O8S/c1-18-14-34(19(2)17-35)28(36)13-24-12-25(32-43(39,40)29-20(3)31-42-21(29)4)10-11-26(24)41-27(18)16-33(5)15-22-6-8-23(9-7-22)30(37)38/h6-12,18-19,27,32,35H,13-17H2,1-5H3,(H,37,38)/t18-,19+,27+/m0/s1. The zero-order valence-electron chi connectivity index (χ0n) is 24.9. The number of aromatic carboxylic acids is 1. The topological polar surface area (TPSA) is 163 Å². The molecule has 12 nitrogen and oxygen atoms in total. The van der Waals surface area contributed by atoms with Crippen LogP contribution in [0.4, 0.5) is 5.69 Å². The van der Waals surface area contributed by atoms with E-state index in [1.807, 2.05) is 14.0 Å². The van der Waals surface area contributed by atoms with Gasteiger partial charge in [0.1, 0.15) is 17.5 Å². The first kappa shape index (κ1) is 32.0. The first-order valence-corrected chi connectivity index (χ1v) is 15.4. The number of aliphatic hydroxyl groups is 1. The number of benzene rings is 2. The number of hydrogen-bond donors (Lipinski definition) is 3. The largest absolute Gasteiger partial charge is 0.488 e. The quantitative estimate of drug-likeness (QED) is 0.309. The minimum absolute atomic E-state index is 0.0409. The zero-order chi connectivity index (χ0) is 31.5. The van der Waals surface area contributed by atoms with Crippen LogP contribution in [-0.2, 0) is 27.8 Å². The lowest BCUT2D eigenvalue weighted by atomic mass is 10.0. The Hall–Kier alpha value is -3.94. The van der Waals surface area contributed by atoms with Crippen molar-refractivity contribution >= 4 is 27.6 Å². The summed E-state index contributed by atoms with van der Waals surface area (Å²) in [6, 6.07) is 11.1. The Morgan fingerprint density at radius 2 is 1.91 bits per heavy atom. The SMILES string of the molecule is Cc1noc(C)c1S(=O)(=O)Nc1ccc2c(c1)CC(=O)N([C@H](C)CO)C[C@H](C)[C@@H](CN(C)Cc1ccc(C(=O)O)cc1)O2. The Bertz CT molecular complexity index is 1550. The Labute approximate surface area is 251 Å². The van der Waals surface area contributed by atoms with Gasteiger partial charge in [-0.1, -0.05) is 24.2 Å². The Morgan fingerprint density at radius 3 is 2.51 bits per heavy atom. The van der Waals surface area contributed by atoms with Gasteiger partial charge in [0.2, 0.25) is 5.91 Å². The number of hydrogen-bond acceptors (Lipinski definition) is 9. The maximum atomic E-state index is 13.5. The van der Waals surface area contributed by atoms with E-state index in [9.17, 15) is 28.2 Å². The molecule has 0 aliphatic carbocycles. The predicted molar refractivity (Wildman–Crippen MR) is 159 cm³/mol. The van der Waals surface area contributed by atoms with Crippen molar-refractivity contribution in [2.45, 2.75) is 57.7 Å². The second-order valence-corrected chi connectivity index (χ2v) is 12.8. The van der Waals surface area contributed by atoms with E-state index >= 15 is 0 Å². The minimum atomic E-state index is -4.01. The van der Waals surface area contributed by atoms with Gasteiger partial charge >= 0.3 is 5.97 Å². The molecule has 3 aromatic rings. The van der Waals surface area contributed by atoms with Gasteiger partial charge in [0.25, 0.3) is 10.0 Å². The van der Waals surface area contributed by atoms with E-state index in [1.54, 1.807) is 61.2 Å². The van der Waals surface area contributed by atoms with E-state index in [1.165, 1.54) is 6.92 Å². The molecule has 232 valence electrons. The first-order valence-electron chi connectivity index (χ1n) is 14.0. The molecule has 0 bridgehead atoms. The van der Waals surface area contributed by atoms with Crippen molar-refractivity contribution in [2.75, 3.05) is 31.5 Å². The highest BCUT2D eigenvalue weighted by molar-refractivity contribution is 7.92. The van der Waals surface area contributed by atoms with E-state index < -0.39 is 22.0 Å². The van der Waals surface area contributed by atoms with Gasteiger partial charge in [-0.3, -0.25) is 14.4 Å². The third kappa shape index (κ3) is 7.53. The number of carboxylic acid groups (broad SMARTS) is 1. The number of carbonyl (C=O) groups is 2. The Kier molecular flexibility index (Phi) is 9.78. The molecule has 1 aliphatic heterocycles. The monoisotopic (exact) mass is 614 g/mol. The molecule has 0 saturated carbocycles. The number of fused-ring (bicyclic) bond motifs is 1. The van der Waals surface area contributed by atoms with Gasteiger partial charge < -0.3 is 24.4 Å². The number of carboxylic acids is 1. The molecule has 2 aromatic carbocycles. The first-order chi connectivity index (χ1) is 20.3. The summed E-state index contributed by atoms with van der Waals surface area (Å²) in [4.78, 5) is 28.4. The van der Waals surface area contributed by atoms with Gasteiger partial charge in [-0.2, -0.15) is 0 Å². The highest BCUT2D eigenvalue weighted by atomic mass is 32.2. The predicted octanol–water partition coefficient (Wildman–Crippen LogP) is 3.07. The number of carbonyl (C=O) groups excluding carboxylic acids is 1. The summed E-state index contributed by atoms with van der Waals surface area (Å²) in [7, 11) is -2.08. The van der Waals surface area contributed by atoms with Gasteiger partial charge in [-0.15, -0.1) is 0 Å². The third-order valence-electron chi connectivity index (χ3n) is 7.55. The lowest BCUT2D eigenvalue weighted by Gasteiger charge is -2.34. The van der Waals surface area contributed by atoms with Crippen molar-refractivity contribution in [1.82, 2.24) is 15.0 Å². The summed E-state index contributed by atoms with van der Waals surface area (Å²) < 4.78 is 40.4. The van der Waals surface area contributed by atoms with Crippen molar-refractivity contribution in [2.24, 2.45) is 5.92 Å². The van der Waals surface area contributed by atoms with Crippen LogP contribution in [0, 0.1) is 19.8 Å². The molecule has 3 N–H and O–H groups in total. The Balaban J connectivity index is 1.62. The number of amides is 1. The average molecular weight is 615 g/mol. The fourth-order valence-electron chi connectivity index (χ4n) is 5.21. The molecule has 3 atom stereocenters. The molecule has 1 aromatic heterocycles. The number of ether oxygens (including phenoxy) is 1. The van der Waals surface area contributed by atoms with Crippen LogP contribution in [0.15, 0.2) is 51.9 Å². The fraction of sp³-hybridized carbons (Fsp3) is 0.433. The highest BCUT2D eigenvalue weighted by Gasteiger charge is 2.32. The summed E-state index contributed by atoms with van der Waals surface area (Å²) in [5.41, 5.74) is 2.14. The fourth-order valence-corrected chi connectivity index (χ4v) is 6.59. The smallest absolute Gasteiger partial charge is 0.335 e. The molecule has 0 radical (unpaired) electrons. The number of aryl methyl sites for hydroxylation is 2. The summed E-state index contributed by atoms with van der Waals surface area (Å²) in [6.07, 6.45) is -0.419. The summed E-state index contributed by atoms with van der Waals surface area (Å²) >= 11 is 0. The molecule has 13 heteroatoms. The molecule has 0 spiro atoms. The van der Waals surface area contributed by atoms with E-state index in [2.05, 4.69) is 14.8 Å². The lowest BCUT2D eigenvalue weighted by molar-refractivity contribution is -0.134. The lowest BCUT2D eigenvalue weighted by Crippen LogP contribution is -2.47. The van der Waals surface area contributed by atoms with Crippen molar-refractivity contribution < 1.29 is 37.5 Å². The summed E-state index contributed by atoms with van der Waals surface area (Å²) in [5.74, 6) is -0.695. The van der Waals surface area contributed by atoms with Crippen LogP contribution >= 0.6 is 0 Å². The van der Waals surface area contributed by atoms with Crippen molar-refractivity contribution in [3.63, 3.8) is 0 Å². The molecular formula is C30H38N4O8S. The van der Waals surface area contributed by atoms with Gasteiger partial charge in [0, 0.05) is 36.8 Å². The number of nitrogens with one attached hydrogen (secondary N) is 1. The number of sulfonamides is 1. The van der Waals surface area contributed by atoms with E-state index in [4.69, 9.17) is 9.26 Å². The zero-order valence-corrected chi connectivity index (χ0v) is 25.7. The van der Waals surface area contributed by atoms with Crippen molar-refractivity contribution in [3.05, 3.63) is 70.6 Å². The van der Waals surface area contributed by atoms with Crippen LogP contribution in [0.2, 0.25) is 0 Å². The maximum absolute atomic E-state index is 13.5. The number of nitrogens with zero attached hydrogens (tertiary/aromatic N) is 3.